The summed E-state index contributed by atoms with van der Waals surface area (Å²) in [6.07, 6.45) is 3.39. The van der Waals surface area contributed by atoms with Crippen LogP contribution in [0.2, 0.25) is 0 Å². The Morgan fingerprint density at radius 2 is 1.97 bits per heavy atom. The SMILES string of the molecule is COC(=O)C[C@H]1C(C)(C)[C@@H]2O[C@@]34C[C@@H]2C(=O)[C@]1(C)[C@H]3CC[C@]1(C)[C@H](c2ccoc2)OC(=O)C[C@]41O. The van der Waals surface area contributed by atoms with E-state index in [0.29, 0.717) is 24.8 Å². The number of hydrogen-bond acceptors (Lipinski definition) is 8. The fraction of sp³-hybridized carbons (Fsp3) is 0.741. The maximum atomic E-state index is 14.0. The van der Waals surface area contributed by atoms with Crippen LogP contribution in [0.3, 0.4) is 0 Å². The first kappa shape index (κ1) is 23.2. The summed E-state index contributed by atoms with van der Waals surface area (Å²) < 4.78 is 23.1. The minimum absolute atomic E-state index is 0.111. The van der Waals surface area contributed by atoms with E-state index in [1.807, 2.05) is 13.8 Å². The third-order valence-electron chi connectivity index (χ3n) is 11.0. The smallest absolute Gasteiger partial charge is 0.309 e. The fourth-order valence-corrected chi connectivity index (χ4v) is 9.38. The van der Waals surface area contributed by atoms with Gasteiger partial charge < -0.3 is 23.7 Å². The molecule has 3 saturated carbocycles. The van der Waals surface area contributed by atoms with Crippen molar-refractivity contribution in [1.29, 1.82) is 0 Å². The molecular formula is C27H34O8. The molecule has 1 aromatic heterocycles. The van der Waals surface area contributed by atoms with Crippen LogP contribution in [-0.4, -0.2) is 47.2 Å². The standard InChI is InChI=1S/C27H34O8/c1-23(2)17(10-18(28)32-5)25(4)16-6-8-24(3)21(14-7-9-33-13-14)34-19(29)12-27(24,31)26(16)11-15(20(25)30)22(23)35-26/h7,9,13,15-17,21-22,31H,6,8,10-12H2,1-5H3/t15-,16-,17+,21+,22-,24-,25-,26+,27-/m1/s1. The van der Waals surface area contributed by atoms with Gasteiger partial charge in [-0.2, -0.15) is 0 Å². The van der Waals surface area contributed by atoms with Crippen molar-refractivity contribution in [2.75, 3.05) is 7.11 Å². The van der Waals surface area contributed by atoms with Crippen molar-refractivity contribution < 1.29 is 38.1 Å². The van der Waals surface area contributed by atoms with E-state index in [1.165, 1.54) is 13.4 Å². The first-order valence-corrected chi connectivity index (χ1v) is 12.6. The summed E-state index contributed by atoms with van der Waals surface area (Å²) in [6, 6.07) is 1.77. The molecule has 1 N–H and O–H groups in total. The molecule has 6 rings (SSSR count). The first-order chi connectivity index (χ1) is 16.4. The van der Waals surface area contributed by atoms with E-state index in [9.17, 15) is 19.5 Å². The summed E-state index contributed by atoms with van der Waals surface area (Å²) in [7, 11) is 1.36. The molecule has 5 aliphatic rings. The number of fused-ring (bicyclic) bond motifs is 3. The molecule has 0 radical (unpaired) electrons. The number of esters is 2. The van der Waals surface area contributed by atoms with Crippen molar-refractivity contribution in [3.63, 3.8) is 0 Å². The van der Waals surface area contributed by atoms with Crippen molar-refractivity contribution in [2.24, 2.45) is 34.0 Å². The molecule has 8 heteroatoms. The van der Waals surface area contributed by atoms with Crippen molar-refractivity contribution in [3.8, 4) is 0 Å². The van der Waals surface area contributed by atoms with Gasteiger partial charge in [-0.25, -0.2) is 0 Å². The Bertz CT molecular complexity index is 1110. The average Bonchev–Trinajstić information content (AvgIpc) is 3.44. The lowest BCUT2D eigenvalue weighted by molar-refractivity contribution is -0.316. The van der Waals surface area contributed by atoms with Gasteiger partial charge in [0.2, 0.25) is 0 Å². The molecule has 2 aliphatic heterocycles. The third-order valence-corrected chi connectivity index (χ3v) is 11.0. The maximum Gasteiger partial charge on any atom is 0.309 e. The highest BCUT2D eigenvalue weighted by Crippen LogP contribution is 2.77. The molecular weight excluding hydrogens is 452 g/mol. The van der Waals surface area contributed by atoms with Gasteiger partial charge in [0.15, 0.2) is 0 Å². The number of methoxy groups -OCH3 is 1. The maximum absolute atomic E-state index is 14.0. The summed E-state index contributed by atoms with van der Waals surface area (Å²) in [4.78, 5) is 39.6. The monoisotopic (exact) mass is 486 g/mol. The lowest BCUT2D eigenvalue weighted by Crippen LogP contribution is -2.76. The molecule has 8 nitrogen and oxygen atoms in total. The van der Waals surface area contributed by atoms with E-state index in [4.69, 9.17) is 18.6 Å². The molecule has 3 heterocycles. The summed E-state index contributed by atoms with van der Waals surface area (Å²) in [5.41, 5.74) is -4.18. The van der Waals surface area contributed by atoms with Crippen LogP contribution in [0.15, 0.2) is 23.0 Å². The Labute approximate surface area is 204 Å². The average molecular weight is 487 g/mol. The predicted octanol–water partition coefficient (Wildman–Crippen LogP) is 3.37. The molecule has 3 aliphatic carbocycles. The van der Waals surface area contributed by atoms with Crippen molar-refractivity contribution in [2.45, 2.75) is 83.2 Å². The highest BCUT2D eigenvalue weighted by molar-refractivity contribution is 5.92. The van der Waals surface area contributed by atoms with Crippen LogP contribution < -0.4 is 0 Å². The fourth-order valence-electron chi connectivity index (χ4n) is 9.38. The lowest BCUT2D eigenvalue weighted by atomic mass is 9.37. The molecule has 5 fully saturated rings. The second-order valence-corrected chi connectivity index (χ2v) is 12.5. The predicted molar refractivity (Wildman–Crippen MR) is 121 cm³/mol. The van der Waals surface area contributed by atoms with Gasteiger partial charge in [0.1, 0.15) is 23.1 Å². The number of furan rings is 1. The van der Waals surface area contributed by atoms with Gasteiger partial charge in [0.25, 0.3) is 0 Å². The normalized spacial score (nSPS) is 49.3. The minimum Gasteiger partial charge on any atom is -0.472 e. The molecule has 0 aromatic carbocycles. The number of rotatable bonds is 3. The van der Waals surface area contributed by atoms with Crippen molar-refractivity contribution in [3.05, 3.63) is 24.2 Å². The summed E-state index contributed by atoms with van der Waals surface area (Å²) >= 11 is 0. The van der Waals surface area contributed by atoms with Crippen LogP contribution in [0.1, 0.15) is 71.5 Å². The molecule has 35 heavy (non-hydrogen) atoms. The second-order valence-electron chi connectivity index (χ2n) is 12.5. The first-order valence-electron chi connectivity index (χ1n) is 12.6. The molecule has 190 valence electrons. The minimum atomic E-state index is -1.55. The van der Waals surface area contributed by atoms with Crippen LogP contribution >= 0.6 is 0 Å². The molecule has 3 bridgehead atoms. The Kier molecular flexibility index (Phi) is 4.49. The molecule has 0 amide bonds. The van der Waals surface area contributed by atoms with E-state index in [-0.39, 0.29) is 36.4 Å². The molecule has 9 atom stereocenters. The highest BCUT2D eigenvalue weighted by Gasteiger charge is 2.84. The van der Waals surface area contributed by atoms with Gasteiger partial charge in [-0.1, -0.05) is 27.7 Å². The number of ether oxygens (including phenoxy) is 3. The molecule has 1 spiro atoms. The van der Waals surface area contributed by atoms with E-state index >= 15 is 0 Å². The van der Waals surface area contributed by atoms with Crippen LogP contribution in [0.25, 0.3) is 0 Å². The number of carbonyl (C=O) groups is 3. The topological polar surface area (TPSA) is 112 Å². The number of ketones is 1. The van der Waals surface area contributed by atoms with Crippen LogP contribution in [0.4, 0.5) is 0 Å². The summed E-state index contributed by atoms with van der Waals surface area (Å²) in [5, 5.41) is 12.8. The number of hydrogen-bond donors (Lipinski definition) is 1. The highest BCUT2D eigenvalue weighted by atomic mass is 16.6. The van der Waals surface area contributed by atoms with Gasteiger partial charge in [0, 0.05) is 34.7 Å². The van der Waals surface area contributed by atoms with Crippen molar-refractivity contribution in [1.82, 2.24) is 0 Å². The number of cyclic esters (lactones) is 1. The third kappa shape index (κ3) is 2.43. The van der Waals surface area contributed by atoms with E-state index in [2.05, 4.69) is 13.8 Å². The Balaban J connectivity index is 1.54. The van der Waals surface area contributed by atoms with Gasteiger partial charge in [-0.05, 0) is 36.7 Å². The van der Waals surface area contributed by atoms with Crippen LogP contribution in [0.5, 0.6) is 0 Å². The molecule has 2 saturated heterocycles. The molecule has 0 unspecified atom stereocenters. The van der Waals surface area contributed by atoms with E-state index in [0.717, 1.165) is 0 Å². The zero-order valence-electron chi connectivity index (χ0n) is 21.0. The number of carbonyl (C=O) groups excluding carboxylic acids is 3. The Morgan fingerprint density at radius 3 is 2.63 bits per heavy atom. The van der Waals surface area contributed by atoms with E-state index < -0.39 is 51.5 Å². The van der Waals surface area contributed by atoms with Gasteiger partial charge in [-0.15, -0.1) is 0 Å². The van der Waals surface area contributed by atoms with Crippen LogP contribution in [-0.2, 0) is 28.6 Å². The number of aliphatic hydroxyl groups is 1. The number of Topliss-reactive ketones (excluding diaryl/α,β-unsaturated/α-hetero) is 1. The van der Waals surface area contributed by atoms with Crippen LogP contribution in [0, 0.1) is 34.0 Å². The summed E-state index contributed by atoms with van der Waals surface area (Å²) in [5.74, 6) is -1.76. The van der Waals surface area contributed by atoms with E-state index in [1.54, 1.807) is 12.3 Å². The lowest BCUT2D eigenvalue weighted by Gasteiger charge is -2.67. The largest absolute Gasteiger partial charge is 0.472 e. The van der Waals surface area contributed by atoms with Crippen molar-refractivity contribution >= 4 is 17.7 Å². The zero-order chi connectivity index (χ0) is 25.2. The Morgan fingerprint density at radius 1 is 1.23 bits per heavy atom. The molecule has 1 aromatic rings. The van der Waals surface area contributed by atoms with Gasteiger partial charge in [0.05, 0.1) is 32.2 Å². The summed E-state index contributed by atoms with van der Waals surface area (Å²) in [6.45, 7) is 8.05. The Hall–Kier alpha value is -2.19. The van der Waals surface area contributed by atoms with Gasteiger partial charge in [-0.3, -0.25) is 14.4 Å². The second kappa shape index (κ2) is 6.76. The zero-order valence-corrected chi connectivity index (χ0v) is 21.0. The van der Waals surface area contributed by atoms with Gasteiger partial charge >= 0.3 is 11.9 Å². The quantitative estimate of drug-likeness (QED) is 0.648.